The number of rotatable bonds is 8. The monoisotopic (exact) mass is 562 g/mol. The Morgan fingerprint density at radius 1 is 1.10 bits per heavy atom. The van der Waals surface area contributed by atoms with Crippen LogP contribution in [0.5, 0.6) is 0 Å². The number of aryl methyl sites for hydroxylation is 1. The Kier molecular flexibility index (Phi) is 8.47. The lowest BCUT2D eigenvalue weighted by Crippen LogP contribution is -2.20. The standard InChI is InChI=1S/C28H27ClN6O3S/c1-18-5-11-22(12-6-18)34-26(19-7-9-21(10-8-19)28(2,3)4)32-33-27(34)39-17-25(36)31-30-16-20-15-23(35(37)38)13-14-24(20)29/h5-16H,17H2,1-4H3,(H,31,36). The number of hydrazone groups is 1. The molecule has 0 saturated carbocycles. The molecular weight excluding hydrogens is 536 g/mol. The molecule has 0 fully saturated rings. The third-order valence-corrected chi connectivity index (χ3v) is 7.12. The smallest absolute Gasteiger partial charge is 0.270 e. The number of carbonyl (C=O) groups is 1. The van der Waals surface area contributed by atoms with Crippen molar-refractivity contribution in [3.05, 3.63) is 98.6 Å². The number of benzene rings is 3. The number of nitrogens with zero attached hydrogens (tertiary/aromatic N) is 5. The van der Waals surface area contributed by atoms with Crippen molar-refractivity contribution < 1.29 is 9.72 Å². The Bertz CT molecular complexity index is 1530. The number of amides is 1. The Balaban J connectivity index is 1.53. The molecule has 0 aliphatic rings. The molecule has 39 heavy (non-hydrogen) atoms. The molecule has 4 rings (SSSR count). The number of nitro groups is 1. The lowest BCUT2D eigenvalue weighted by Gasteiger charge is -2.19. The van der Waals surface area contributed by atoms with Crippen LogP contribution >= 0.6 is 23.4 Å². The van der Waals surface area contributed by atoms with Crippen LogP contribution in [0.2, 0.25) is 5.02 Å². The molecule has 1 heterocycles. The number of halogens is 1. The maximum absolute atomic E-state index is 12.5. The van der Waals surface area contributed by atoms with Gasteiger partial charge in [-0.3, -0.25) is 19.5 Å². The number of hydrogen-bond donors (Lipinski definition) is 1. The van der Waals surface area contributed by atoms with E-state index in [1.807, 2.05) is 47.9 Å². The second-order valence-electron chi connectivity index (χ2n) is 9.85. The Morgan fingerprint density at radius 2 is 1.79 bits per heavy atom. The Labute approximate surface area is 235 Å². The quantitative estimate of drug-likeness (QED) is 0.116. The summed E-state index contributed by atoms with van der Waals surface area (Å²) in [5, 5.41) is 24.5. The van der Waals surface area contributed by atoms with Crippen LogP contribution in [0.1, 0.15) is 37.5 Å². The maximum atomic E-state index is 12.5. The maximum Gasteiger partial charge on any atom is 0.270 e. The summed E-state index contributed by atoms with van der Waals surface area (Å²) in [6.45, 7) is 8.51. The number of aromatic nitrogens is 3. The fraction of sp³-hybridized carbons (Fsp3) is 0.214. The van der Waals surface area contributed by atoms with Gasteiger partial charge >= 0.3 is 0 Å². The highest BCUT2D eigenvalue weighted by molar-refractivity contribution is 7.99. The zero-order chi connectivity index (χ0) is 28.2. The van der Waals surface area contributed by atoms with E-state index in [4.69, 9.17) is 11.6 Å². The van der Waals surface area contributed by atoms with Gasteiger partial charge in [-0.15, -0.1) is 10.2 Å². The molecule has 4 aromatic rings. The molecule has 0 spiro atoms. The van der Waals surface area contributed by atoms with Gasteiger partial charge in [0.1, 0.15) is 0 Å². The average Bonchev–Trinajstić information content (AvgIpc) is 3.32. The van der Waals surface area contributed by atoms with E-state index in [9.17, 15) is 14.9 Å². The van der Waals surface area contributed by atoms with Crippen LogP contribution < -0.4 is 5.43 Å². The molecule has 0 aliphatic heterocycles. The van der Waals surface area contributed by atoms with Gasteiger partial charge in [0.05, 0.1) is 16.9 Å². The van der Waals surface area contributed by atoms with E-state index in [2.05, 4.69) is 53.6 Å². The molecule has 0 unspecified atom stereocenters. The summed E-state index contributed by atoms with van der Waals surface area (Å²) in [7, 11) is 0. The van der Waals surface area contributed by atoms with Crippen molar-refractivity contribution in [2.75, 3.05) is 5.75 Å². The predicted molar refractivity (Wildman–Crippen MR) is 155 cm³/mol. The summed E-state index contributed by atoms with van der Waals surface area (Å²) in [5.74, 6) is 0.306. The van der Waals surface area contributed by atoms with E-state index in [0.717, 1.165) is 16.8 Å². The number of hydrogen-bond acceptors (Lipinski definition) is 7. The van der Waals surface area contributed by atoms with Crippen LogP contribution in [0, 0.1) is 17.0 Å². The van der Waals surface area contributed by atoms with Gasteiger partial charge in [-0.05, 0) is 36.1 Å². The van der Waals surface area contributed by atoms with Gasteiger partial charge < -0.3 is 0 Å². The molecule has 200 valence electrons. The van der Waals surface area contributed by atoms with E-state index in [1.54, 1.807) is 0 Å². The van der Waals surface area contributed by atoms with Gasteiger partial charge in [-0.2, -0.15) is 5.10 Å². The highest BCUT2D eigenvalue weighted by Crippen LogP contribution is 2.30. The SMILES string of the molecule is Cc1ccc(-n2c(SCC(=O)NN=Cc3cc([N+](=O)[O-])ccc3Cl)nnc2-c2ccc(C(C)(C)C)cc2)cc1. The molecule has 1 amide bonds. The van der Waals surface area contributed by atoms with Crippen molar-refractivity contribution in [3.8, 4) is 17.1 Å². The van der Waals surface area contributed by atoms with Gasteiger partial charge in [0.15, 0.2) is 11.0 Å². The summed E-state index contributed by atoms with van der Waals surface area (Å²) in [6, 6.07) is 20.2. The zero-order valence-electron chi connectivity index (χ0n) is 21.9. The molecule has 0 radical (unpaired) electrons. The van der Waals surface area contributed by atoms with Crippen molar-refractivity contribution in [2.45, 2.75) is 38.3 Å². The Morgan fingerprint density at radius 3 is 2.44 bits per heavy atom. The largest absolute Gasteiger partial charge is 0.272 e. The van der Waals surface area contributed by atoms with Crippen LogP contribution in [0.25, 0.3) is 17.1 Å². The Hall–Kier alpha value is -4.02. The molecule has 0 bridgehead atoms. The topological polar surface area (TPSA) is 115 Å². The van der Waals surface area contributed by atoms with Gasteiger partial charge in [-0.25, -0.2) is 5.43 Å². The fourth-order valence-electron chi connectivity index (χ4n) is 3.68. The van der Waals surface area contributed by atoms with E-state index in [-0.39, 0.29) is 27.8 Å². The molecule has 11 heteroatoms. The number of nitro benzene ring substituents is 1. The van der Waals surface area contributed by atoms with Crippen LogP contribution in [0.15, 0.2) is 77.0 Å². The minimum absolute atomic E-state index is 0.0208. The number of non-ortho nitro benzene ring substituents is 1. The minimum Gasteiger partial charge on any atom is -0.272 e. The van der Waals surface area contributed by atoms with E-state index in [0.29, 0.717) is 16.5 Å². The second-order valence-corrected chi connectivity index (χ2v) is 11.2. The second kappa shape index (κ2) is 11.8. The molecule has 1 N–H and O–H groups in total. The minimum atomic E-state index is -0.527. The van der Waals surface area contributed by atoms with Crippen LogP contribution in [-0.4, -0.2) is 37.6 Å². The molecule has 0 aliphatic carbocycles. The van der Waals surface area contributed by atoms with Gasteiger partial charge in [0.2, 0.25) is 0 Å². The first-order valence-electron chi connectivity index (χ1n) is 12.0. The first-order chi connectivity index (χ1) is 18.5. The number of thioether (sulfide) groups is 1. The van der Waals surface area contributed by atoms with Crippen molar-refractivity contribution in [1.82, 2.24) is 20.2 Å². The molecule has 1 aromatic heterocycles. The summed E-state index contributed by atoms with van der Waals surface area (Å²) in [6.07, 6.45) is 1.27. The normalized spacial score (nSPS) is 11.6. The van der Waals surface area contributed by atoms with Crippen molar-refractivity contribution in [1.29, 1.82) is 0 Å². The summed E-state index contributed by atoms with van der Waals surface area (Å²) >= 11 is 7.30. The predicted octanol–water partition coefficient (Wildman–Crippen LogP) is 6.34. The third-order valence-electron chi connectivity index (χ3n) is 5.85. The molecule has 3 aromatic carbocycles. The first-order valence-corrected chi connectivity index (χ1v) is 13.4. The van der Waals surface area contributed by atoms with Crippen LogP contribution in [0.3, 0.4) is 0 Å². The summed E-state index contributed by atoms with van der Waals surface area (Å²) in [5.41, 5.74) is 6.77. The number of nitrogens with one attached hydrogen (secondary N) is 1. The first kappa shape index (κ1) is 28.0. The highest BCUT2D eigenvalue weighted by Gasteiger charge is 2.19. The van der Waals surface area contributed by atoms with Gasteiger partial charge in [0.25, 0.3) is 11.6 Å². The highest BCUT2D eigenvalue weighted by atomic mass is 35.5. The van der Waals surface area contributed by atoms with Gasteiger partial charge in [0, 0.05) is 34.0 Å². The van der Waals surface area contributed by atoms with Crippen molar-refractivity contribution in [3.63, 3.8) is 0 Å². The zero-order valence-corrected chi connectivity index (χ0v) is 23.5. The summed E-state index contributed by atoms with van der Waals surface area (Å²) in [4.78, 5) is 23.0. The average molecular weight is 563 g/mol. The lowest BCUT2D eigenvalue weighted by molar-refractivity contribution is -0.384. The van der Waals surface area contributed by atoms with E-state index < -0.39 is 4.92 Å². The van der Waals surface area contributed by atoms with Crippen molar-refractivity contribution >= 4 is 41.2 Å². The van der Waals surface area contributed by atoms with E-state index in [1.165, 1.54) is 41.7 Å². The van der Waals surface area contributed by atoms with Crippen LogP contribution in [-0.2, 0) is 10.2 Å². The lowest BCUT2D eigenvalue weighted by atomic mass is 9.87. The van der Waals surface area contributed by atoms with E-state index >= 15 is 0 Å². The molecule has 0 atom stereocenters. The number of carbonyl (C=O) groups excluding carboxylic acids is 1. The van der Waals surface area contributed by atoms with Gasteiger partial charge in [-0.1, -0.05) is 86.1 Å². The molecular formula is C28H27ClN6O3S. The fourth-order valence-corrected chi connectivity index (χ4v) is 4.59. The summed E-state index contributed by atoms with van der Waals surface area (Å²) < 4.78 is 1.93. The molecule has 9 nitrogen and oxygen atoms in total. The molecule has 0 saturated heterocycles. The third kappa shape index (κ3) is 6.90. The van der Waals surface area contributed by atoms with Crippen molar-refractivity contribution in [2.24, 2.45) is 5.10 Å². The van der Waals surface area contributed by atoms with Crippen LogP contribution in [0.4, 0.5) is 5.69 Å².